The highest BCUT2D eigenvalue weighted by Gasteiger charge is 2.51. The highest BCUT2D eigenvalue weighted by Crippen LogP contribution is 2.36. The van der Waals surface area contributed by atoms with Crippen LogP contribution in [0.2, 0.25) is 0 Å². The van der Waals surface area contributed by atoms with Gasteiger partial charge < -0.3 is 19.3 Å². The van der Waals surface area contributed by atoms with E-state index in [2.05, 4.69) is 18.2 Å². The van der Waals surface area contributed by atoms with E-state index in [9.17, 15) is 4.79 Å². The molecule has 25 heavy (non-hydrogen) atoms. The van der Waals surface area contributed by atoms with Crippen LogP contribution in [0.3, 0.4) is 0 Å². The van der Waals surface area contributed by atoms with Crippen LogP contribution in [0.25, 0.3) is 5.57 Å². The van der Waals surface area contributed by atoms with Gasteiger partial charge in [0.1, 0.15) is 6.61 Å². The Hall–Kier alpha value is -1.63. The Kier molecular flexibility index (Phi) is 4.79. The van der Waals surface area contributed by atoms with Crippen molar-refractivity contribution < 1.29 is 19.2 Å². The van der Waals surface area contributed by atoms with E-state index in [1.165, 1.54) is 5.57 Å². The predicted octanol–water partition coefficient (Wildman–Crippen LogP) is 1.59. The van der Waals surface area contributed by atoms with Crippen LogP contribution in [0, 0.1) is 0 Å². The molecule has 2 aliphatic heterocycles. The second-order valence-electron chi connectivity index (χ2n) is 7.69. The summed E-state index contributed by atoms with van der Waals surface area (Å²) in [6.45, 7) is 8.96. The van der Waals surface area contributed by atoms with Gasteiger partial charge in [0.25, 0.3) is 0 Å². The summed E-state index contributed by atoms with van der Waals surface area (Å²) >= 11 is 0. The second kappa shape index (κ2) is 6.59. The topological polar surface area (TPSA) is 59.0 Å². The van der Waals surface area contributed by atoms with Gasteiger partial charge in [-0.3, -0.25) is 4.79 Å². The molecule has 134 valence electrons. The highest BCUT2D eigenvalue weighted by atomic mass is 16.7. The molecule has 0 aliphatic carbocycles. The molecule has 1 saturated heterocycles. The predicted molar refractivity (Wildman–Crippen MR) is 98.4 cm³/mol. The number of carbonyl (C=O) groups is 1. The Morgan fingerprint density at radius 2 is 1.76 bits per heavy atom. The largest absolute Gasteiger partial charge is 0.494 e. The second-order valence-corrected chi connectivity index (χ2v) is 7.69. The number of aliphatic hydroxyl groups is 1. The van der Waals surface area contributed by atoms with Crippen LogP contribution < -0.4 is 5.46 Å². The lowest BCUT2D eigenvalue weighted by Gasteiger charge is -2.32. The lowest BCUT2D eigenvalue weighted by Crippen LogP contribution is -2.41. The van der Waals surface area contributed by atoms with Gasteiger partial charge in [-0.2, -0.15) is 0 Å². The molecule has 0 saturated carbocycles. The first-order valence-electron chi connectivity index (χ1n) is 8.77. The maximum Gasteiger partial charge on any atom is 0.494 e. The van der Waals surface area contributed by atoms with E-state index in [-0.39, 0.29) is 24.2 Å². The van der Waals surface area contributed by atoms with Crippen LogP contribution in [-0.4, -0.2) is 53.9 Å². The van der Waals surface area contributed by atoms with Gasteiger partial charge in [-0.25, -0.2) is 0 Å². The van der Waals surface area contributed by atoms with Gasteiger partial charge in [0.15, 0.2) is 0 Å². The molecule has 2 aliphatic rings. The quantitative estimate of drug-likeness (QED) is 0.847. The molecule has 5 nitrogen and oxygen atoms in total. The average molecular weight is 343 g/mol. The average Bonchev–Trinajstić information content (AvgIpc) is 2.82. The van der Waals surface area contributed by atoms with Crippen molar-refractivity contribution in [1.82, 2.24) is 4.90 Å². The van der Waals surface area contributed by atoms with Gasteiger partial charge in [0.2, 0.25) is 5.91 Å². The SMILES string of the molecule is CC1(C)OB(c2ccc(C3=CCN(C(=O)CO)CC3)cc2)OC1(C)C. The molecule has 1 N–H and O–H groups in total. The zero-order valence-electron chi connectivity index (χ0n) is 15.4. The lowest BCUT2D eigenvalue weighted by atomic mass is 9.78. The van der Waals surface area contributed by atoms with E-state index in [0.717, 1.165) is 17.4 Å². The summed E-state index contributed by atoms with van der Waals surface area (Å²) in [6.07, 6.45) is 2.85. The third-order valence-electron chi connectivity index (χ3n) is 5.50. The zero-order valence-corrected chi connectivity index (χ0v) is 15.4. The molecule has 0 spiro atoms. The molecule has 1 aromatic carbocycles. The molecule has 1 aromatic rings. The summed E-state index contributed by atoms with van der Waals surface area (Å²) in [4.78, 5) is 13.2. The van der Waals surface area contributed by atoms with Crippen LogP contribution in [0.15, 0.2) is 30.3 Å². The van der Waals surface area contributed by atoms with Crippen LogP contribution in [0.4, 0.5) is 0 Å². The number of amides is 1. The van der Waals surface area contributed by atoms with Crippen molar-refractivity contribution in [2.75, 3.05) is 19.7 Å². The zero-order chi connectivity index (χ0) is 18.2. The summed E-state index contributed by atoms with van der Waals surface area (Å²) in [7, 11) is -0.350. The molecule has 0 unspecified atom stereocenters. The Morgan fingerprint density at radius 3 is 2.24 bits per heavy atom. The van der Waals surface area contributed by atoms with E-state index >= 15 is 0 Å². The minimum Gasteiger partial charge on any atom is -0.399 e. The number of benzene rings is 1. The van der Waals surface area contributed by atoms with Crippen molar-refractivity contribution in [2.45, 2.75) is 45.3 Å². The number of carbonyl (C=O) groups excluding carboxylic acids is 1. The molecule has 3 rings (SSSR count). The number of rotatable bonds is 3. The van der Waals surface area contributed by atoms with Crippen molar-refractivity contribution in [3.8, 4) is 0 Å². The molecular weight excluding hydrogens is 317 g/mol. The Bertz CT molecular complexity index is 665. The van der Waals surface area contributed by atoms with Gasteiger partial charge >= 0.3 is 7.12 Å². The van der Waals surface area contributed by atoms with Crippen LogP contribution in [-0.2, 0) is 14.1 Å². The van der Waals surface area contributed by atoms with E-state index < -0.39 is 6.61 Å². The normalized spacial score (nSPS) is 22.0. The number of hydrogen-bond acceptors (Lipinski definition) is 4. The van der Waals surface area contributed by atoms with Crippen molar-refractivity contribution in [3.63, 3.8) is 0 Å². The van der Waals surface area contributed by atoms with Crippen LogP contribution >= 0.6 is 0 Å². The van der Waals surface area contributed by atoms with E-state index in [1.807, 2.05) is 39.8 Å². The van der Waals surface area contributed by atoms with Crippen molar-refractivity contribution in [2.24, 2.45) is 0 Å². The summed E-state index contributed by atoms with van der Waals surface area (Å²) in [5.41, 5.74) is 2.70. The van der Waals surface area contributed by atoms with E-state index in [0.29, 0.717) is 13.1 Å². The molecular formula is C19H26BNO4. The van der Waals surface area contributed by atoms with Crippen LogP contribution in [0.1, 0.15) is 39.7 Å². The molecule has 0 atom stereocenters. The van der Waals surface area contributed by atoms with Gasteiger partial charge in [0, 0.05) is 13.1 Å². The standard InChI is InChI=1S/C19H26BNO4/c1-18(2)19(3,4)25-20(24-18)16-7-5-14(6-8-16)15-9-11-21(12-10-15)17(23)13-22/h5-9,22H,10-13H2,1-4H3. The minimum absolute atomic E-state index is 0.216. The lowest BCUT2D eigenvalue weighted by molar-refractivity contribution is -0.133. The third kappa shape index (κ3) is 3.52. The summed E-state index contributed by atoms with van der Waals surface area (Å²) in [5.74, 6) is -0.216. The first kappa shape index (κ1) is 18.2. The molecule has 2 heterocycles. The molecule has 1 amide bonds. The Balaban J connectivity index is 1.70. The van der Waals surface area contributed by atoms with E-state index in [1.54, 1.807) is 4.90 Å². The fraction of sp³-hybridized carbons (Fsp3) is 0.526. The first-order chi connectivity index (χ1) is 11.7. The van der Waals surface area contributed by atoms with Gasteiger partial charge in [-0.1, -0.05) is 30.3 Å². The number of nitrogens with zero attached hydrogens (tertiary/aromatic N) is 1. The number of aliphatic hydroxyl groups excluding tert-OH is 1. The Morgan fingerprint density at radius 1 is 1.16 bits per heavy atom. The molecule has 6 heteroatoms. The summed E-state index contributed by atoms with van der Waals surface area (Å²) in [6, 6.07) is 8.25. The molecule has 1 fully saturated rings. The minimum atomic E-state index is -0.425. The van der Waals surface area contributed by atoms with Crippen molar-refractivity contribution in [1.29, 1.82) is 0 Å². The first-order valence-corrected chi connectivity index (χ1v) is 8.77. The summed E-state index contributed by atoms with van der Waals surface area (Å²) in [5, 5.41) is 8.94. The fourth-order valence-electron chi connectivity index (χ4n) is 3.09. The van der Waals surface area contributed by atoms with Crippen molar-refractivity contribution >= 4 is 24.1 Å². The maximum absolute atomic E-state index is 11.5. The number of hydrogen-bond donors (Lipinski definition) is 1. The smallest absolute Gasteiger partial charge is 0.399 e. The highest BCUT2D eigenvalue weighted by molar-refractivity contribution is 6.62. The maximum atomic E-state index is 11.5. The van der Waals surface area contributed by atoms with Crippen LogP contribution in [0.5, 0.6) is 0 Å². The van der Waals surface area contributed by atoms with Crippen molar-refractivity contribution in [3.05, 3.63) is 35.9 Å². The molecule has 0 aromatic heterocycles. The van der Waals surface area contributed by atoms with Gasteiger partial charge in [0.05, 0.1) is 11.2 Å². The monoisotopic (exact) mass is 343 g/mol. The van der Waals surface area contributed by atoms with Gasteiger partial charge in [-0.05, 0) is 50.7 Å². The Labute approximate surface area is 149 Å². The molecule has 0 radical (unpaired) electrons. The molecule has 0 bridgehead atoms. The fourth-order valence-corrected chi connectivity index (χ4v) is 3.09. The summed E-state index contributed by atoms with van der Waals surface area (Å²) < 4.78 is 12.2. The van der Waals surface area contributed by atoms with E-state index in [4.69, 9.17) is 14.4 Å². The van der Waals surface area contributed by atoms with Gasteiger partial charge in [-0.15, -0.1) is 0 Å². The third-order valence-corrected chi connectivity index (χ3v) is 5.50.